The van der Waals surface area contributed by atoms with Crippen molar-refractivity contribution in [1.82, 2.24) is 20.4 Å². The van der Waals surface area contributed by atoms with E-state index in [0.29, 0.717) is 6.04 Å². The first-order chi connectivity index (χ1) is 9.84. The number of aromatic nitrogens is 2. The molecule has 1 fully saturated rings. The highest BCUT2D eigenvalue weighted by Crippen LogP contribution is 2.20. The van der Waals surface area contributed by atoms with E-state index in [1.807, 2.05) is 12.3 Å². The van der Waals surface area contributed by atoms with Crippen molar-refractivity contribution in [1.29, 1.82) is 0 Å². The third-order valence-electron chi connectivity index (χ3n) is 4.15. The van der Waals surface area contributed by atoms with Gasteiger partial charge in [-0.1, -0.05) is 30.3 Å². The zero-order valence-corrected chi connectivity index (χ0v) is 12.0. The topological polar surface area (TPSA) is 44.0 Å². The van der Waals surface area contributed by atoms with Crippen LogP contribution in [0.2, 0.25) is 0 Å². The molecule has 106 valence electrons. The van der Waals surface area contributed by atoms with E-state index in [1.54, 1.807) is 0 Å². The molecule has 4 heteroatoms. The number of nitrogens with one attached hydrogen (secondary N) is 2. The van der Waals surface area contributed by atoms with Crippen LogP contribution in [-0.2, 0) is 6.54 Å². The van der Waals surface area contributed by atoms with Crippen LogP contribution in [0.5, 0.6) is 0 Å². The predicted octanol–water partition coefficient (Wildman–Crippen LogP) is 2.26. The summed E-state index contributed by atoms with van der Waals surface area (Å²) in [5, 5.41) is 10.9. The van der Waals surface area contributed by atoms with Crippen LogP contribution in [0.1, 0.15) is 18.4 Å². The van der Waals surface area contributed by atoms with E-state index in [0.717, 1.165) is 18.8 Å². The average molecular weight is 270 g/mol. The molecule has 4 nitrogen and oxygen atoms in total. The number of nitrogens with zero attached hydrogens (tertiary/aromatic N) is 2. The van der Waals surface area contributed by atoms with Gasteiger partial charge in [0.05, 0.1) is 11.9 Å². The van der Waals surface area contributed by atoms with E-state index in [9.17, 15) is 0 Å². The van der Waals surface area contributed by atoms with E-state index in [4.69, 9.17) is 0 Å². The molecule has 1 aliphatic rings. The number of H-pyrrole nitrogens is 1. The summed E-state index contributed by atoms with van der Waals surface area (Å²) < 4.78 is 0. The number of hydrogen-bond acceptors (Lipinski definition) is 3. The molecule has 0 spiro atoms. The van der Waals surface area contributed by atoms with E-state index in [2.05, 4.69) is 51.7 Å². The highest BCUT2D eigenvalue weighted by molar-refractivity contribution is 5.62. The van der Waals surface area contributed by atoms with Crippen LogP contribution < -0.4 is 5.32 Å². The zero-order valence-electron chi connectivity index (χ0n) is 12.0. The minimum absolute atomic E-state index is 0.682. The molecule has 0 saturated carbocycles. The lowest BCUT2D eigenvalue weighted by atomic mass is 10.1. The molecule has 3 rings (SSSR count). The Morgan fingerprint density at radius 2 is 2.20 bits per heavy atom. The molecular weight excluding hydrogens is 248 g/mol. The molecule has 2 aromatic rings. The normalized spacial score (nSPS) is 19.6. The Morgan fingerprint density at radius 1 is 1.35 bits per heavy atom. The van der Waals surface area contributed by atoms with Crippen LogP contribution >= 0.6 is 0 Å². The van der Waals surface area contributed by atoms with Gasteiger partial charge in [-0.2, -0.15) is 5.10 Å². The fourth-order valence-corrected chi connectivity index (χ4v) is 2.91. The van der Waals surface area contributed by atoms with Crippen molar-refractivity contribution >= 4 is 0 Å². The maximum atomic E-state index is 4.19. The molecule has 1 saturated heterocycles. The Hall–Kier alpha value is -1.65. The largest absolute Gasteiger partial charge is 0.311 e. The SMILES string of the molecule is CN1CCC[C@H]1CNCc1cn[nH]c1-c1ccccc1. The van der Waals surface area contributed by atoms with Crippen molar-refractivity contribution in [3.05, 3.63) is 42.1 Å². The third-order valence-corrected chi connectivity index (χ3v) is 4.15. The van der Waals surface area contributed by atoms with Crippen molar-refractivity contribution < 1.29 is 0 Å². The number of likely N-dealkylation sites (tertiary alicyclic amines) is 1. The molecule has 0 bridgehead atoms. The molecule has 20 heavy (non-hydrogen) atoms. The maximum absolute atomic E-state index is 4.19. The third kappa shape index (κ3) is 2.92. The second kappa shape index (κ2) is 6.20. The van der Waals surface area contributed by atoms with Crippen LogP contribution in [0.15, 0.2) is 36.5 Å². The van der Waals surface area contributed by atoms with Crippen LogP contribution in [0.3, 0.4) is 0 Å². The van der Waals surface area contributed by atoms with Crippen molar-refractivity contribution in [2.24, 2.45) is 0 Å². The highest BCUT2D eigenvalue weighted by Gasteiger charge is 2.20. The Labute approximate surface area is 120 Å². The van der Waals surface area contributed by atoms with Gasteiger partial charge in [-0.25, -0.2) is 0 Å². The number of benzene rings is 1. The van der Waals surface area contributed by atoms with Gasteiger partial charge in [0.25, 0.3) is 0 Å². The molecule has 1 aliphatic heterocycles. The second-order valence-corrected chi connectivity index (χ2v) is 5.54. The van der Waals surface area contributed by atoms with Crippen LogP contribution in [0.4, 0.5) is 0 Å². The fraction of sp³-hybridized carbons (Fsp3) is 0.438. The van der Waals surface area contributed by atoms with Gasteiger partial charge < -0.3 is 10.2 Å². The minimum atomic E-state index is 0.682. The van der Waals surface area contributed by atoms with E-state index in [1.165, 1.54) is 30.5 Å². The first-order valence-corrected chi connectivity index (χ1v) is 7.33. The molecule has 1 aromatic carbocycles. The smallest absolute Gasteiger partial charge is 0.0695 e. The van der Waals surface area contributed by atoms with Gasteiger partial charge in [-0.3, -0.25) is 5.10 Å². The summed E-state index contributed by atoms with van der Waals surface area (Å²) in [5.74, 6) is 0. The summed E-state index contributed by atoms with van der Waals surface area (Å²) in [7, 11) is 2.21. The van der Waals surface area contributed by atoms with E-state index < -0.39 is 0 Å². The summed E-state index contributed by atoms with van der Waals surface area (Å²) in [6.45, 7) is 3.15. The van der Waals surface area contributed by atoms with Gasteiger partial charge in [0.1, 0.15) is 0 Å². The standard InChI is InChI=1S/C16H22N4/c1-20-9-5-8-15(20)12-17-10-14-11-18-19-16(14)13-6-3-2-4-7-13/h2-4,6-7,11,15,17H,5,8-10,12H2,1H3,(H,18,19)/t15-/m0/s1. The first-order valence-electron chi connectivity index (χ1n) is 7.33. The molecule has 2 N–H and O–H groups in total. The minimum Gasteiger partial charge on any atom is -0.311 e. The second-order valence-electron chi connectivity index (χ2n) is 5.54. The van der Waals surface area contributed by atoms with Gasteiger partial charge in [0.15, 0.2) is 0 Å². The van der Waals surface area contributed by atoms with Crippen LogP contribution in [0.25, 0.3) is 11.3 Å². The lowest BCUT2D eigenvalue weighted by Gasteiger charge is -2.19. The number of rotatable bonds is 5. The summed E-state index contributed by atoms with van der Waals surface area (Å²) in [4.78, 5) is 2.44. The van der Waals surface area contributed by atoms with Crippen LogP contribution in [0, 0.1) is 0 Å². The van der Waals surface area contributed by atoms with Crippen LogP contribution in [-0.4, -0.2) is 41.3 Å². The molecule has 1 atom stereocenters. The van der Waals surface area contributed by atoms with Gasteiger partial charge in [-0.15, -0.1) is 0 Å². The summed E-state index contributed by atoms with van der Waals surface area (Å²) >= 11 is 0. The zero-order chi connectivity index (χ0) is 13.8. The van der Waals surface area contributed by atoms with Crippen molar-refractivity contribution in [2.45, 2.75) is 25.4 Å². The summed E-state index contributed by atoms with van der Waals surface area (Å²) in [6.07, 6.45) is 4.55. The van der Waals surface area contributed by atoms with Crippen molar-refractivity contribution in [2.75, 3.05) is 20.1 Å². The molecule has 2 heterocycles. The molecule has 1 aromatic heterocycles. The van der Waals surface area contributed by atoms with E-state index >= 15 is 0 Å². The maximum Gasteiger partial charge on any atom is 0.0695 e. The fourth-order valence-electron chi connectivity index (χ4n) is 2.91. The Balaban J connectivity index is 1.60. The van der Waals surface area contributed by atoms with Crippen molar-refractivity contribution in [3.8, 4) is 11.3 Å². The lowest BCUT2D eigenvalue weighted by molar-refractivity contribution is 0.300. The summed E-state index contributed by atoms with van der Waals surface area (Å²) in [6, 6.07) is 11.1. The number of likely N-dealkylation sites (N-methyl/N-ethyl adjacent to an activating group) is 1. The predicted molar refractivity (Wildman–Crippen MR) is 81.4 cm³/mol. The highest BCUT2D eigenvalue weighted by atomic mass is 15.2. The van der Waals surface area contributed by atoms with E-state index in [-0.39, 0.29) is 0 Å². The Kier molecular flexibility index (Phi) is 4.14. The molecule has 0 amide bonds. The molecule has 0 radical (unpaired) electrons. The van der Waals surface area contributed by atoms with Gasteiger partial charge >= 0.3 is 0 Å². The lowest BCUT2D eigenvalue weighted by Crippen LogP contribution is -2.35. The Bertz CT molecular complexity index is 534. The number of hydrogen-bond donors (Lipinski definition) is 2. The summed E-state index contributed by atoms with van der Waals surface area (Å²) in [5.41, 5.74) is 3.55. The molecule has 0 aliphatic carbocycles. The van der Waals surface area contributed by atoms with Gasteiger partial charge in [-0.05, 0) is 32.0 Å². The van der Waals surface area contributed by atoms with Gasteiger partial charge in [0.2, 0.25) is 0 Å². The number of aromatic amines is 1. The molecule has 0 unspecified atom stereocenters. The van der Waals surface area contributed by atoms with Crippen molar-refractivity contribution in [3.63, 3.8) is 0 Å². The monoisotopic (exact) mass is 270 g/mol. The quantitative estimate of drug-likeness (QED) is 0.876. The Morgan fingerprint density at radius 3 is 2.95 bits per heavy atom. The molecular formula is C16H22N4. The first kappa shape index (κ1) is 13.3. The average Bonchev–Trinajstić information content (AvgIpc) is 3.10. The van der Waals surface area contributed by atoms with Gasteiger partial charge in [0, 0.05) is 24.7 Å².